The van der Waals surface area contributed by atoms with Gasteiger partial charge >= 0.3 is 0 Å². The minimum absolute atomic E-state index is 0.105. The van der Waals surface area contributed by atoms with Crippen molar-refractivity contribution in [2.24, 2.45) is 0 Å². The number of likely N-dealkylation sites (tertiary alicyclic amines) is 1. The van der Waals surface area contributed by atoms with E-state index < -0.39 is 11.9 Å². The Morgan fingerprint density at radius 1 is 1.25 bits per heavy atom. The topological polar surface area (TPSA) is 77.1 Å². The van der Waals surface area contributed by atoms with Crippen molar-refractivity contribution in [1.29, 1.82) is 5.26 Å². The van der Waals surface area contributed by atoms with Crippen LogP contribution in [0.5, 0.6) is 5.88 Å². The summed E-state index contributed by atoms with van der Waals surface area (Å²) in [5.41, 5.74) is 3.42. The molecule has 4 heterocycles. The molecule has 0 spiro atoms. The molecule has 6 rings (SSSR count). The van der Waals surface area contributed by atoms with E-state index in [0.717, 1.165) is 49.1 Å². The molecule has 0 bridgehead atoms. The van der Waals surface area contributed by atoms with Gasteiger partial charge in [0.15, 0.2) is 5.82 Å². The largest absolute Gasteiger partial charge is 0.475 e. The van der Waals surface area contributed by atoms with Crippen LogP contribution in [0.25, 0.3) is 26.9 Å². The number of fused-ring (bicyclic) bond motifs is 2. The Kier molecular flexibility index (Phi) is 8.74. The lowest BCUT2D eigenvalue weighted by Gasteiger charge is -2.40. The number of carbonyl (C=O) groups is 1. The van der Waals surface area contributed by atoms with E-state index in [2.05, 4.69) is 35.5 Å². The van der Waals surface area contributed by atoms with Crippen LogP contribution in [-0.2, 0) is 11.2 Å². The van der Waals surface area contributed by atoms with Gasteiger partial charge in [0.2, 0.25) is 18.3 Å². The number of likely N-dealkylation sites (N-methyl/N-ethyl adjacent to an activating group) is 1. The zero-order valence-electron chi connectivity index (χ0n) is 24.9. The third kappa shape index (κ3) is 5.49. The molecule has 0 N–H and O–H groups in total. The van der Waals surface area contributed by atoms with Gasteiger partial charge in [0.1, 0.15) is 29.8 Å². The summed E-state index contributed by atoms with van der Waals surface area (Å²) in [4.78, 5) is 27.9. The number of rotatable bonds is 7. The Balaban J connectivity index is 1.49. The first-order chi connectivity index (χ1) is 21.4. The SMILES string of the molecule is [C-]#[N+]C[C@H]1CN(c2c(C#N)c(OC[C@@H]3CCCN3C)nc3c(F)c(-c4cccc5c4CCCS5)ccc23)CCN1C(=O)C=C. The molecule has 2 saturated heterocycles. The number of ether oxygens (including phenoxy) is 1. The van der Waals surface area contributed by atoms with Crippen LogP contribution >= 0.6 is 11.8 Å². The fourth-order valence-corrected chi connectivity index (χ4v) is 7.80. The molecule has 3 aliphatic heterocycles. The van der Waals surface area contributed by atoms with Crippen molar-refractivity contribution in [2.45, 2.75) is 42.7 Å². The average molecular weight is 611 g/mol. The van der Waals surface area contributed by atoms with Crippen molar-refractivity contribution in [3.63, 3.8) is 0 Å². The predicted octanol–water partition coefficient (Wildman–Crippen LogP) is 5.55. The van der Waals surface area contributed by atoms with Crippen molar-refractivity contribution in [1.82, 2.24) is 14.8 Å². The summed E-state index contributed by atoms with van der Waals surface area (Å²) >= 11 is 1.80. The molecule has 2 aromatic carbocycles. The highest BCUT2D eigenvalue weighted by atomic mass is 32.2. The van der Waals surface area contributed by atoms with E-state index in [0.29, 0.717) is 42.9 Å². The van der Waals surface area contributed by atoms with Gasteiger partial charge in [-0.05, 0) is 74.4 Å². The van der Waals surface area contributed by atoms with Gasteiger partial charge in [0, 0.05) is 41.5 Å². The normalized spacial score (nSPS) is 20.2. The van der Waals surface area contributed by atoms with Crippen LogP contribution in [0.2, 0.25) is 0 Å². The lowest BCUT2D eigenvalue weighted by molar-refractivity contribution is -0.128. The minimum atomic E-state index is -0.446. The molecule has 44 heavy (non-hydrogen) atoms. The molecule has 2 fully saturated rings. The average Bonchev–Trinajstić information content (AvgIpc) is 3.47. The zero-order valence-corrected chi connectivity index (χ0v) is 25.7. The molecule has 10 heteroatoms. The van der Waals surface area contributed by atoms with Gasteiger partial charge < -0.3 is 24.3 Å². The van der Waals surface area contributed by atoms with Crippen LogP contribution in [0.1, 0.15) is 30.4 Å². The first-order valence-electron chi connectivity index (χ1n) is 15.1. The van der Waals surface area contributed by atoms with E-state index in [1.807, 2.05) is 23.1 Å². The molecular formula is C34H35FN6O2S. The van der Waals surface area contributed by atoms with Gasteiger partial charge in [-0.25, -0.2) is 15.9 Å². The zero-order chi connectivity index (χ0) is 30.8. The molecule has 1 aromatic heterocycles. The van der Waals surface area contributed by atoms with E-state index in [9.17, 15) is 10.1 Å². The number of nitriles is 1. The summed E-state index contributed by atoms with van der Waals surface area (Å²) in [7, 11) is 2.05. The summed E-state index contributed by atoms with van der Waals surface area (Å²) in [6.45, 7) is 13.6. The monoisotopic (exact) mass is 610 g/mol. The van der Waals surface area contributed by atoms with Gasteiger partial charge in [-0.15, -0.1) is 11.8 Å². The van der Waals surface area contributed by atoms with Gasteiger partial charge in [-0.3, -0.25) is 4.79 Å². The number of nitrogens with zero attached hydrogens (tertiary/aromatic N) is 6. The molecule has 1 amide bonds. The Bertz CT molecular complexity index is 1700. The predicted molar refractivity (Wildman–Crippen MR) is 171 cm³/mol. The number of pyridine rings is 1. The number of aromatic nitrogens is 1. The van der Waals surface area contributed by atoms with Gasteiger partial charge in [-0.2, -0.15) is 5.26 Å². The molecule has 0 unspecified atom stereocenters. The van der Waals surface area contributed by atoms with Crippen LogP contribution in [0, 0.1) is 23.7 Å². The van der Waals surface area contributed by atoms with Crippen LogP contribution in [-0.4, -0.2) is 84.9 Å². The molecule has 0 saturated carbocycles. The summed E-state index contributed by atoms with van der Waals surface area (Å²) in [5.74, 6) is 0.486. The van der Waals surface area contributed by atoms with Crippen LogP contribution in [0.15, 0.2) is 47.9 Å². The van der Waals surface area contributed by atoms with E-state index in [1.165, 1.54) is 11.0 Å². The molecular weight excluding hydrogens is 575 g/mol. The molecule has 3 aliphatic rings. The Hall–Kier alpha value is -4.12. The van der Waals surface area contributed by atoms with Crippen molar-refractivity contribution in [3.8, 4) is 23.1 Å². The van der Waals surface area contributed by atoms with Crippen LogP contribution in [0.3, 0.4) is 0 Å². The third-order valence-corrected chi connectivity index (χ3v) is 10.2. The molecule has 8 nitrogen and oxygen atoms in total. The maximum atomic E-state index is 16.8. The number of halogens is 1. The van der Waals surface area contributed by atoms with Crippen molar-refractivity contribution in [3.05, 3.63) is 71.3 Å². The number of thioether (sulfide) groups is 1. The Morgan fingerprint density at radius 3 is 2.86 bits per heavy atom. The third-order valence-electron chi connectivity index (χ3n) is 9.04. The maximum Gasteiger partial charge on any atom is 0.246 e. The first-order valence-corrected chi connectivity index (χ1v) is 16.1. The van der Waals surface area contributed by atoms with Crippen molar-refractivity contribution in [2.75, 3.05) is 57.0 Å². The lowest BCUT2D eigenvalue weighted by Crippen LogP contribution is -2.56. The van der Waals surface area contributed by atoms with Gasteiger partial charge in [0.25, 0.3) is 0 Å². The maximum absolute atomic E-state index is 16.8. The number of amides is 1. The minimum Gasteiger partial charge on any atom is -0.475 e. The number of benzene rings is 2. The number of anilines is 1. The summed E-state index contributed by atoms with van der Waals surface area (Å²) in [6.07, 6.45) is 5.24. The highest BCUT2D eigenvalue weighted by Gasteiger charge is 2.35. The number of hydrogen-bond donors (Lipinski definition) is 0. The van der Waals surface area contributed by atoms with E-state index in [1.54, 1.807) is 22.7 Å². The molecule has 2 atom stereocenters. The summed E-state index contributed by atoms with van der Waals surface area (Å²) in [5, 5.41) is 11.0. The Morgan fingerprint density at radius 2 is 2.11 bits per heavy atom. The van der Waals surface area contributed by atoms with Crippen LogP contribution < -0.4 is 9.64 Å². The fraction of sp³-hybridized carbons (Fsp3) is 0.412. The molecule has 226 valence electrons. The summed E-state index contributed by atoms with van der Waals surface area (Å²) in [6, 6.07) is 11.8. The first kappa shape index (κ1) is 29.9. The van der Waals surface area contributed by atoms with E-state index in [-0.39, 0.29) is 35.5 Å². The van der Waals surface area contributed by atoms with Crippen molar-refractivity contribution >= 4 is 34.3 Å². The molecule has 0 radical (unpaired) electrons. The second-order valence-corrected chi connectivity index (χ2v) is 12.7. The number of carbonyl (C=O) groups excluding carboxylic acids is 1. The molecule has 3 aromatic rings. The highest BCUT2D eigenvalue weighted by Crippen LogP contribution is 2.42. The quantitative estimate of drug-likeness (QED) is 0.257. The second-order valence-electron chi connectivity index (χ2n) is 11.6. The van der Waals surface area contributed by atoms with Gasteiger partial charge in [-0.1, -0.05) is 24.8 Å². The fourth-order valence-electron chi connectivity index (χ4n) is 6.73. The molecule has 0 aliphatic carbocycles. The van der Waals surface area contributed by atoms with E-state index in [4.69, 9.17) is 16.3 Å². The van der Waals surface area contributed by atoms with Crippen LogP contribution in [0.4, 0.5) is 10.1 Å². The van der Waals surface area contributed by atoms with E-state index >= 15 is 4.39 Å². The standard InChI is InChI=1S/C34H35FN6O2S/c1-4-30(42)41-16-15-40(20-23(41)19-37-2)33-27-13-12-26(24-9-5-11-29-25(24)10-7-17-44-29)31(35)32(27)38-34(28(33)18-36)43-21-22-8-6-14-39(22)3/h4-5,9,11-13,22-23H,1,6-8,10,14-17,19-21H2,3H3/t22-,23-/m0/s1. The lowest BCUT2D eigenvalue weighted by atomic mass is 9.94. The Labute approximate surface area is 261 Å². The van der Waals surface area contributed by atoms with Gasteiger partial charge in [0.05, 0.1) is 5.69 Å². The second kappa shape index (κ2) is 12.9. The number of piperazine rings is 1. The van der Waals surface area contributed by atoms with Crippen molar-refractivity contribution < 1.29 is 13.9 Å². The summed E-state index contributed by atoms with van der Waals surface area (Å²) < 4.78 is 23.0. The highest BCUT2D eigenvalue weighted by molar-refractivity contribution is 7.99. The number of hydrogen-bond acceptors (Lipinski definition) is 7. The smallest absolute Gasteiger partial charge is 0.246 e.